The normalized spacial score (nSPS) is 10.3. The van der Waals surface area contributed by atoms with Gasteiger partial charge < -0.3 is 14.5 Å². The number of nitrogens with zero attached hydrogens (tertiary/aromatic N) is 1. The molecule has 1 heterocycles. The summed E-state index contributed by atoms with van der Waals surface area (Å²) in [5, 5.41) is 0. The molecule has 0 bridgehead atoms. The summed E-state index contributed by atoms with van der Waals surface area (Å²) in [7, 11) is 3.19. The van der Waals surface area contributed by atoms with Crippen molar-refractivity contribution in [1.29, 1.82) is 0 Å². The highest BCUT2D eigenvalue weighted by atomic mass is 16.5. The van der Waals surface area contributed by atoms with E-state index in [-0.39, 0.29) is 5.56 Å². The number of methoxy groups -OCH3 is 2. The Balaban J connectivity index is 2.57. The minimum absolute atomic E-state index is 0.164. The highest BCUT2D eigenvalue weighted by molar-refractivity contribution is 5.68. The number of aromatic amines is 1. The fraction of sp³-hybridized carbons (Fsp3) is 0.333. The molecule has 1 N–H and O–H groups in total. The molecule has 1 aromatic carbocycles. The van der Waals surface area contributed by atoms with Crippen LogP contribution in [0.5, 0.6) is 11.5 Å². The SMILES string of the molecule is CCCc1nc(-c2cc(OC)ccc2OC)cc(=O)[nH]1. The van der Waals surface area contributed by atoms with Crippen LogP contribution in [0.4, 0.5) is 0 Å². The van der Waals surface area contributed by atoms with Crippen LogP contribution in [0, 0.1) is 0 Å². The summed E-state index contributed by atoms with van der Waals surface area (Å²) in [6.45, 7) is 2.04. The number of aromatic nitrogens is 2. The van der Waals surface area contributed by atoms with E-state index in [1.807, 2.05) is 19.1 Å². The third-order valence-corrected chi connectivity index (χ3v) is 2.96. The largest absolute Gasteiger partial charge is 0.497 e. The second kappa shape index (κ2) is 6.23. The Hall–Kier alpha value is -2.30. The number of ether oxygens (including phenoxy) is 2. The van der Waals surface area contributed by atoms with Crippen molar-refractivity contribution in [3.05, 3.63) is 40.4 Å². The molecule has 20 heavy (non-hydrogen) atoms. The highest BCUT2D eigenvalue weighted by Gasteiger charge is 2.11. The molecule has 2 rings (SSSR count). The number of H-pyrrole nitrogens is 1. The third kappa shape index (κ3) is 2.99. The Bertz CT molecular complexity index is 650. The first-order valence-corrected chi connectivity index (χ1v) is 6.50. The summed E-state index contributed by atoms with van der Waals surface area (Å²) in [5.74, 6) is 2.03. The Labute approximate surface area is 117 Å². The Morgan fingerprint density at radius 3 is 2.65 bits per heavy atom. The number of benzene rings is 1. The number of nitrogens with one attached hydrogen (secondary N) is 1. The van der Waals surface area contributed by atoms with Gasteiger partial charge in [-0.2, -0.15) is 0 Å². The van der Waals surface area contributed by atoms with Crippen LogP contribution in [-0.2, 0) is 6.42 Å². The topological polar surface area (TPSA) is 64.2 Å². The van der Waals surface area contributed by atoms with Gasteiger partial charge in [-0.15, -0.1) is 0 Å². The van der Waals surface area contributed by atoms with Crippen molar-refractivity contribution in [3.8, 4) is 22.8 Å². The minimum Gasteiger partial charge on any atom is -0.497 e. The number of hydrogen-bond acceptors (Lipinski definition) is 4. The lowest BCUT2D eigenvalue weighted by Crippen LogP contribution is -2.11. The van der Waals surface area contributed by atoms with Gasteiger partial charge in [-0.1, -0.05) is 6.92 Å². The van der Waals surface area contributed by atoms with Crippen molar-refractivity contribution < 1.29 is 9.47 Å². The van der Waals surface area contributed by atoms with Gasteiger partial charge in [0.2, 0.25) is 0 Å². The molecule has 0 spiro atoms. The fourth-order valence-electron chi connectivity index (χ4n) is 2.02. The average molecular weight is 274 g/mol. The van der Waals surface area contributed by atoms with Gasteiger partial charge in [-0.3, -0.25) is 4.79 Å². The molecule has 0 radical (unpaired) electrons. The zero-order valence-corrected chi connectivity index (χ0v) is 11.9. The van der Waals surface area contributed by atoms with Crippen LogP contribution in [0.25, 0.3) is 11.3 Å². The lowest BCUT2D eigenvalue weighted by atomic mass is 10.1. The Kier molecular flexibility index (Phi) is 4.40. The van der Waals surface area contributed by atoms with Crippen molar-refractivity contribution in [2.24, 2.45) is 0 Å². The van der Waals surface area contributed by atoms with Gasteiger partial charge in [0.15, 0.2) is 0 Å². The van der Waals surface area contributed by atoms with Crippen molar-refractivity contribution in [3.63, 3.8) is 0 Å². The molecule has 0 aliphatic carbocycles. The van der Waals surface area contributed by atoms with E-state index in [4.69, 9.17) is 9.47 Å². The summed E-state index contributed by atoms with van der Waals surface area (Å²) >= 11 is 0. The van der Waals surface area contributed by atoms with E-state index in [1.165, 1.54) is 6.07 Å². The summed E-state index contributed by atoms with van der Waals surface area (Å²) in [6, 6.07) is 6.89. The minimum atomic E-state index is -0.164. The molecule has 5 nitrogen and oxygen atoms in total. The van der Waals surface area contributed by atoms with Crippen molar-refractivity contribution in [2.75, 3.05) is 14.2 Å². The summed E-state index contributed by atoms with van der Waals surface area (Å²) in [6.07, 6.45) is 1.65. The molecule has 0 atom stereocenters. The van der Waals surface area contributed by atoms with E-state index >= 15 is 0 Å². The molecule has 0 aliphatic heterocycles. The number of aryl methyl sites for hydroxylation is 1. The molecule has 2 aromatic rings. The van der Waals surface area contributed by atoms with E-state index in [0.29, 0.717) is 23.0 Å². The average Bonchev–Trinajstić information content (AvgIpc) is 2.46. The molecule has 0 aliphatic rings. The maximum Gasteiger partial charge on any atom is 0.251 e. The zero-order valence-electron chi connectivity index (χ0n) is 11.9. The lowest BCUT2D eigenvalue weighted by Gasteiger charge is -2.10. The molecule has 0 unspecified atom stereocenters. The van der Waals surface area contributed by atoms with Crippen molar-refractivity contribution in [2.45, 2.75) is 19.8 Å². The fourth-order valence-corrected chi connectivity index (χ4v) is 2.02. The smallest absolute Gasteiger partial charge is 0.251 e. The molecule has 1 aromatic heterocycles. The molecule has 0 saturated heterocycles. The van der Waals surface area contributed by atoms with E-state index < -0.39 is 0 Å². The first-order valence-electron chi connectivity index (χ1n) is 6.50. The molecular weight excluding hydrogens is 256 g/mol. The molecule has 0 amide bonds. The van der Waals surface area contributed by atoms with Crippen molar-refractivity contribution in [1.82, 2.24) is 9.97 Å². The van der Waals surface area contributed by atoms with E-state index in [1.54, 1.807) is 20.3 Å². The molecule has 0 saturated carbocycles. The first kappa shape index (κ1) is 14.1. The van der Waals surface area contributed by atoms with Crippen LogP contribution in [0.1, 0.15) is 19.2 Å². The second-order valence-electron chi connectivity index (χ2n) is 4.39. The van der Waals surface area contributed by atoms with Crippen LogP contribution < -0.4 is 15.0 Å². The molecule has 0 fully saturated rings. The van der Waals surface area contributed by atoms with Crippen LogP contribution in [-0.4, -0.2) is 24.2 Å². The van der Waals surface area contributed by atoms with Gasteiger partial charge in [0.25, 0.3) is 5.56 Å². The monoisotopic (exact) mass is 274 g/mol. The maximum atomic E-state index is 11.7. The number of hydrogen-bond donors (Lipinski definition) is 1. The Morgan fingerprint density at radius 2 is 2.00 bits per heavy atom. The Morgan fingerprint density at radius 1 is 1.20 bits per heavy atom. The van der Waals surface area contributed by atoms with Gasteiger partial charge in [0, 0.05) is 18.1 Å². The van der Waals surface area contributed by atoms with Gasteiger partial charge >= 0.3 is 0 Å². The number of rotatable bonds is 5. The van der Waals surface area contributed by atoms with Gasteiger partial charge in [0.05, 0.1) is 19.9 Å². The lowest BCUT2D eigenvalue weighted by molar-refractivity contribution is 0.404. The van der Waals surface area contributed by atoms with Gasteiger partial charge in [-0.25, -0.2) is 4.98 Å². The van der Waals surface area contributed by atoms with Crippen molar-refractivity contribution >= 4 is 0 Å². The standard InChI is InChI=1S/C15H18N2O3/c1-4-5-14-16-12(9-15(18)17-14)11-8-10(19-2)6-7-13(11)20-3/h6-9H,4-5H2,1-3H3,(H,16,17,18). The molecule has 106 valence electrons. The van der Waals surface area contributed by atoms with E-state index in [0.717, 1.165) is 18.4 Å². The first-order chi connectivity index (χ1) is 9.67. The predicted molar refractivity (Wildman–Crippen MR) is 77.4 cm³/mol. The maximum absolute atomic E-state index is 11.7. The molecular formula is C15H18N2O3. The van der Waals surface area contributed by atoms with E-state index in [2.05, 4.69) is 9.97 Å². The van der Waals surface area contributed by atoms with Crippen LogP contribution in [0.2, 0.25) is 0 Å². The van der Waals surface area contributed by atoms with Gasteiger partial charge in [-0.05, 0) is 24.6 Å². The van der Waals surface area contributed by atoms with Gasteiger partial charge in [0.1, 0.15) is 17.3 Å². The van der Waals surface area contributed by atoms with Crippen LogP contribution in [0.15, 0.2) is 29.1 Å². The summed E-state index contributed by atoms with van der Waals surface area (Å²) < 4.78 is 10.5. The molecule has 5 heteroatoms. The summed E-state index contributed by atoms with van der Waals surface area (Å²) in [4.78, 5) is 19.0. The van der Waals surface area contributed by atoms with E-state index in [9.17, 15) is 4.79 Å². The zero-order chi connectivity index (χ0) is 14.5. The second-order valence-corrected chi connectivity index (χ2v) is 4.39. The predicted octanol–water partition coefficient (Wildman–Crippen LogP) is 2.41. The quantitative estimate of drug-likeness (QED) is 0.909. The van der Waals surface area contributed by atoms with Crippen LogP contribution >= 0.6 is 0 Å². The summed E-state index contributed by atoms with van der Waals surface area (Å²) in [5.41, 5.74) is 1.17. The van der Waals surface area contributed by atoms with Crippen LogP contribution in [0.3, 0.4) is 0 Å². The highest BCUT2D eigenvalue weighted by Crippen LogP contribution is 2.31. The third-order valence-electron chi connectivity index (χ3n) is 2.96.